The molecule has 1 aliphatic carbocycles. The van der Waals surface area contributed by atoms with Crippen LogP contribution in [0.15, 0.2) is 15.3 Å². The number of aryl methyl sites for hydroxylation is 1. The first kappa shape index (κ1) is 16.9. The van der Waals surface area contributed by atoms with Gasteiger partial charge in [-0.3, -0.25) is 0 Å². The highest BCUT2D eigenvalue weighted by molar-refractivity contribution is 6.33. The van der Waals surface area contributed by atoms with Gasteiger partial charge in [0.05, 0.1) is 23.7 Å². The first-order valence-corrected chi connectivity index (χ1v) is 9.75. The fraction of sp³-hybridized carbons (Fsp3) is 0.550. The molecule has 5 heteroatoms. The minimum atomic E-state index is -0.243. The number of rotatable bonds is 2. The maximum Gasteiger partial charge on any atom is 0.339 e. The maximum atomic E-state index is 12.5. The van der Waals surface area contributed by atoms with Gasteiger partial charge in [-0.05, 0) is 56.1 Å². The smallest absolute Gasteiger partial charge is 0.339 e. The van der Waals surface area contributed by atoms with E-state index in [1.807, 2.05) is 0 Å². The summed E-state index contributed by atoms with van der Waals surface area (Å²) in [5.41, 5.74) is 2.86. The van der Waals surface area contributed by atoms with Crippen molar-refractivity contribution < 1.29 is 14.4 Å². The van der Waals surface area contributed by atoms with Crippen molar-refractivity contribution in [2.45, 2.75) is 52.0 Å². The van der Waals surface area contributed by atoms with Crippen LogP contribution in [0, 0.1) is 5.92 Å². The number of benzene rings is 1. The number of fused-ring (bicyclic) bond motifs is 3. The van der Waals surface area contributed by atoms with Gasteiger partial charge in [0.25, 0.3) is 0 Å². The minimum Gasteiger partial charge on any atom is -0.506 e. The number of phenols is 1. The molecule has 2 aromatic rings. The molecule has 0 spiro atoms. The molecule has 1 saturated heterocycles. The molecule has 0 saturated carbocycles. The number of aromatic hydroxyl groups is 1. The maximum absolute atomic E-state index is 12.5. The second kappa shape index (κ2) is 6.65. The molecule has 0 atom stereocenters. The van der Waals surface area contributed by atoms with Crippen LogP contribution in [0.2, 0.25) is 5.02 Å². The third kappa shape index (κ3) is 3.06. The number of quaternary nitrogens is 1. The Morgan fingerprint density at radius 3 is 2.64 bits per heavy atom. The number of halogens is 1. The van der Waals surface area contributed by atoms with Crippen molar-refractivity contribution in [1.82, 2.24) is 0 Å². The van der Waals surface area contributed by atoms with Crippen molar-refractivity contribution in [1.29, 1.82) is 0 Å². The average molecular weight is 363 g/mol. The van der Waals surface area contributed by atoms with Crippen LogP contribution in [0.4, 0.5) is 0 Å². The predicted octanol–water partition coefficient (Wildman–Crippen LogP) is 2.85. The Labute approximate surface area is 152 Å². The van der Waals surface area contributed by atoms with Gasteiger partial charge < -0.3 is 14.4 Å². The van der Waals surface area contributed by atoms with E-state index in [2.05, 4.69) is 6.92 Å². The van der Waals surface area contributed by atoms with Gasteiger partial charge in [-0.15, -0.1) is 0 Å². The Morgan fingerprint density at radius 1 is 1.24 bits per heavy atom. The molecule has 2 heterocycles. The summed E-state index contributed by atoms with van der Waals surface area (Å²) in [5, 5.41) is 11.8. The summed E-state index contributed by atoms with van der Waals surface area (Å²) in [6.07, 6.45) is 6.14. The normalized spacial score (nSPS) is 23.6. The molecule has 2 N–H and O–H groups in total. The van der Waals surface area contributed by atoms with Crippen LogP contribution in [-0.4, -0.2) is 18.2 Å². The van der Waals surface area contributed by atoms with E-state index in [1.165, 1.54) is 17.7 Å². The summed E-state index contributed by atoms with van der Waals surface area (Å²) in [5.74, 6) is 0.831. The quantitative estimate of drug-likeness (QED) is 0.808. The summed E-state index contributed by atoms with van der Waals surface area (Å²) >= 11 is 6.34. The zero-order valence-electron chi connectivity index (χ0n) is 14.7. The Balaban J connectivity index is 1.84. The van der Waals surface area contributed by atoms with Gasteiger partial charge >= 0.3 is 5.63 Å². The lowest BCUT2D eigenvalue weighted by Crippen LogP contribution is -3.11. The van der Waals surface area contributed by atoms with Crippen molar-refractivity contribution in [2.24, 2.45) is 5.92 Å². The van der Waals surface area contributed by atoms with Crippen molar-refractivity contribution in [3.05, 3.63) is 38.2 Å². The molecule has 2 aliphatic rings. The van der Waals surface area contributed by atoms with Crippen LogP contribution < -0.4 is 10.5 Å². The molecule has 4 nitrogen and oxygen atoms in total. The number of hydrogen-bond acceptors (Lipinski definition) is 3. The van der Waals surface area contributed by atoms with E-state index in [1.54, 1.807) is 6.07 Å². The largest absolute Gasteiger partial charge is 0.506 e. The SMILES string of the molecule is CC1CC[NH+](Cc2c(O)c(Cl)cc3c4c(c(=O)oc23)CCCC4)CC1. The van der Waals surface area contributed by atoms with Gasteiger partial charge in [-0.1, -0.05) is 18.5 Å². The molecule has 134 valence electrons. The van der Waals surface area contributed by atoms with E-state index in [0.29, 0.717) is 22.7 Å². The lowest BCUT2D eigenvalue weighted by Gasteiger charge is -2.28. The van der Waals surface area contributed by atoms with E-state index < -0.39 is 0 Å². The van der Waals surface area contributed by atoms with Crippen LogP contribution >= 0.6 is 11.6 Å². The van der Waals surface area contributed by atoms with E-state index in [0.717, 1.165) is 61.2 Å². The van der Waals surface area contributed by atoms with E-state index in [-0.39, 0.29) is 11.4 Å². The summed E-state index contributed by atoms with van der Waals surface area (Å²) in [7, 11) is 0. The Kier molecular flexibility index (Phi) is 4.50. The van der Waals surface area contributed by atoms with E-state index in [9.17, 15) is 9.90 Å². The van der Waals surface area contributed by atoms with Crippen LogP contribution in [0.5, 0.6) is 5.75 Å². The molecule has 1 fully saturated rings. The van der Waals surface area contributed by atoms with Gasteiger partial charge in [0.1, 0.15) is 12.3 Å². The summed E-state index contributed by atoms with van der Waals surface area (Å²) in [4.78, 5) is 13.9. The standard InChI is InChI=1S/C20H24ClNO3/c1-12-6-8-22(9-7-12)11-16-18(23)17(21)10-15-13-4-2-3-5-14(13)20(24)25-19(15)16/h10,12,23H,2-9,11H2,1H3/p+1. The zero-order valence-corrected chi connectivity index (χ0v) is 15.4. The van der Waals surface area contributed by atoms with Gasteiger partial charge in [0.15, 0.2) is 5.58 Å². The third-order valence-electron chi connectivity index (χ3n) is 5.94. The van der Waals surface area contributed by atoms with Gasteiger partial charge in [-0.2, -0.15) is 0 Å². The Hall–Kier alpha value is -1.52. The molecule has 0 radical (unpaired) electrons. The first-order chi connectivity index (χ1) is 12.0. The molecule has 1 aromatic carbocycles. The molecular formula is C20H25ClNO3+. The predicted molar refractivity (Wildman–Crippen MR) is 98.6 cm³/mol. The Morgan fingerprint density at radius 2 is 1.92 bits per heavy atom. The van der Waals surface area contributed by atoms with Gasteiger partial charge in [0, 0.05) is 10.9 Å². The van der Waals surface area contributed by atoms with Crippen LogP contribution in [-0.2, 0) is 19.4 Å². The lowest BCUT2D eigenvalue weighted by atomic mass is 9.89. The third-order valence-corrected chi connectivity index (χ3v) is 6.23. The van der Waals surface area contributed by atoms with Crippen molar-refractivity contribution in [3.8, 4) is 5.75 Å². The molecule has 1 aliphatic heterocycles. The van der Waals surface area contributed by atoms with Gasteiger partial charge in [-0.25, -0.2) is 4.79 Å². The average Bonchev–Trinajstić information content (AvgIpc) is 2.62. The van der Waals surface area contributed by atoms with E-state index >= 15 is 0 Å². The highest BCUT2D eigenvalue weighted by Crippen LogP contribution is 2.37. The molecule has 4 rings (SSSR count). The van der Waals surface area contributed by atoms with Crippen LogP contribution in [0.3, 0.4) is 0 Å². The van der Waals surface area contributed by atoms with Crippen molar-refractivity contribution >= 4 is 22.6 Å². The number of hydrogen-bond donors (Lipinski definition) is 2. The molecule has 25 heavy (non-hydrogen) atoms. The highest BCUT2D eigenvalue weighted by atomic mass is 35.5. The van der Waals surface area contributed by atoms with Crippen molar-refractivity contribution in [3.63, 3.8) is 0 Å². The van der Waals surface area contributed by atoms with Gasteiger partial charge in [0.2, 0.25) is 0 Å². The number of likely N-dealkylation sites (tertiary alicyclic amines) is 1. The first-order valence-electron chi connectivity index (χ1n) is 9.37. The molecule has 0 bridgehead atoms. The fourth-order valence-electron chi connectivity index (χ4n) is 4.36. The van der Waals surface area contributed by atoms with Crippen LogP contribution in [0.25, 0.3) is 11.0 Å². The second-order valence-corrected chi connectivity index (χ2v) is 8.13. The zero-order chi connectivity index (χ0) is 17.6. The van der Waals surface area contributed by atoms with Crippen LogP contribution in [0.1, 0.15) is 49.3 Å². The topological polar surface area (TPSA) is 54.9 Å². The van der Waals surface area contributed by atoms with E-state index in [4.69, 9.17) is 16.0 Å². The fourth-order valence-corrected chi connectivity index (χ4v) is 4.58. The molecule has 0 unspecified atom stereocenters. The molecular weight excluding hydrogens is 338 g/mol. The number of nitrogens with one attached hydrogen (secondary N) is 1. The number of phenolic OH excluding ortho intramolecular Hbond substituents is 1. The minimum absolute atomic E-state index is 0.0687. The second-order valence-electron chi connectivity index (χ2n) is 7.73. The van der Waals surface area contributed by atoms with Crippen molar-refractivity contribution in [2.75, 3.05) is 13.1 Å². The molecule has 1 aromatic heterocycles. The summed E-state index contributed by atoms with van der Waals surface area (Å²) in [6.45, 7) is 5.08. The monoisotopic (exact) mass is 362 g/mol. The summed E-state index contributed by atoms with van der Waals surface area (Å²) in [6, 6.07) is 1.77. The number of piperidine rings is 1. The highest BCUT2D eigenvalue weighted by Gasteiger charge is 2.26. The Bertz CT molecular complexity index is 866. The summed E-state index contributed by atoms with van der Waals surface area (Å²) < 4.78 is 5.70. The molecule has 0 amide bonds. The lowest BCUT2D eigenvalue weighted by molar-refractivity contribution is -0.919.